The maximum atomic E-state index is 14.0. The van der Waals surface area contributed by atoms with Crippen LogP contribution in [0.5, 0.6) is 0 Å². The summed E-state index contributed by atoms with van der Waals surface area (Å²) >= 11 is 5.99. The minimum atomic E-state index is -4.57. The number of nitrogens with zero attached hydrogens (tertiary/aromatic N) is 3. The first-order valence-corrected chi connectivity index (χ1v) is 16.5. The van der Waals surface area contributed by atoms with Crippen molar-refractivity contribution in [2.45, 2.75) is 80.6 Å². The number of piperazine rings is 1. The predicted octanol–water partition coefficient (Wildman–Crippen LogP) is 6.73. The van der Waals surface area contributed by atoms with E-state index in [1.807, 2.05) is 0 Å². The zero-order chi connectivity index (χ0) is 29.9. The van der Waals surface area contributed by atoms with Crippen LogP contribution < -0.4 is 0 Å². The van der Waals surface area contributed by atoms with Gasteiger partial charge in [0, 0.05) is 37.2 Å². The van der Waals surface area contributed by atoms with Crippen LogP contribution in [0.1, 0.15) is 68.5 Å². The summed E-state index contributed by atoms with van der Waals surface area (Å²) in [6.07, 6.45) is 2.39. The van der Waals surface area contributed by atoms with Gasteiger partial charge in [0.05, 0.1) is 22.5 Å². The third-order valence-electron chi connectivity index (χ3n) is 8.73. The molecule has 0 spiro atoms. The Kier molecular flexibility index (Phi) is 9.71. The molecule has 2 aromatic carbocycles. The van der Waals surface area contributed by atoms with Gasteiger partial charge in [-0.05, 0) is 74.1 Å². The van der Waals surface area contributed by atoms with E-state index in [0.29, 0.717) is 43.4 Å². The molecule has 5 rings (SSSR count). The van der Waals surface area contributed by atoms with Crippen molar-refractivity contribution in [1.29, 1.82) is 0 Å². The lowest BCUT2D eigenvalue weighted by Gasteiger charge is -2.42. The number of rotatable bonds is 6. The first-order chi connectivity index (χ1) is 20.0. The summed E-state index contributed by atoms with van der Waals surface area (Å²) in [5.74, 6) is 0. The average molecular weight is 628 g/mol. The molecule has 0 aromatic heterocycles. The van der Waals surface area contributed by atoms with E-state index >= 15 is 0 Å². The van der Waals surface area contributed by atoms with E-state index < -0.39 is 39.9 Å². The molecule has 230 valence electrons. The fourth-order valence-corrected chi connectivity index (χ4v) is 8.49. The van der Waals surface area contributed by atoms with Crippen LogP contribution >= 0.6 is 11.6 Å². The van der Waals surface area contributed by atoms with Gasteiger partial charge in [-0.1, -0.05) is 43.0 Å². The van der Waals surface area contributed by atoms with Crippen LogP contribution in [0, 0.1) is 0 Å². The van der Waals surface area contributed by atoms with Crippen LogP contribution in [-0.4, -0.2) is 73.5 Å². The van der Waals surface area contributed by atoms with Crippen molar-refractivity contribution in [2.24, 2.45) is 0 Å². The highest BCUT2D eigenvalue weighted by Crippen LogP contribution is 2.41. The molecule has 3 aliphatic rings. The highest BCUT2D eigenvalue weighted by Gasteiger charge is 2.42. The Morgan fingerprint density at radius 3 is 2.26 bits per heavy atom. The van der Waals surface area contributed by atoms with E-state index in [1.54, 1.807) is 4.90 Å². The van der Waals surface area contributed by atoms with Crippen LogP contribution in [0.15, 0.2) is 53.4 Å². The Labute approximate surface area is 250 Å². The van der Waals surface area contributed by atoms with Gasteiger partial charge in [0.25, 0.3) is 0 Å². The molecule has 2 saturated heterocycles. The third kappa shape index (κ3) is 7.06. The molecule has 1 aliphatic carbocycles. The number of carbonyl (C=O) groups is 1. The molecule has 2 unspecified atom stereocenters. The van der Waals surface area contributed by atoms with E-state index in [0.717, 1.165) is 25.2 Å². The van der Waals surface area contributed by atoms with Crippen molar-refractivity contribution < 1.29 is 31.1 Å². The van der Waals surface area contributed by atoms with E-state index in [9.17, 15) is 26.4 Å². The minimum Gasteiger partial charge on any atom is -0.448 e. The van der Waals surface area contributed by atoms with Crippen molar-refractivity contribution in [3.05, 3.63) is 64.7 Å². The molecule has 42 heavy (non-hydrogen) atoms. The van der Waals surface area contributed by atoms with Gasteiger partial charge in [0.15, 0.2) is 0 Å². The molecular formula is C30H37ClF3N3O4S. The highest BCUT2D eigenvalue weighted by atomic mass is 35.5. The van der Waals surface area contributed by atoms with Gasteiger partial charge in [-0.3, -0.25) is 4.90 Å². The van der Waals surface area contributed by atoms with Gasteiger partial charge >= 0.3 is 12.3 Å². The van der Waals surface area contributed by atoms with Gasteiger partial charge in [-0.25, -0.2) is 13.2 Å². The summed E-state index contributed by atoms with van der Waals surface area (Å²) in [7, 11) is -4.18. The standard InChI is InChI=1S/C30H37ClF3N3O4S/c31-24-12-14-27(15-13-24)42(39,40)37-26(10-5-11-28(37)22-6-4-7-23(20-22)30(32,33)34)21-41-29(38)36-18-16-35(17-19-36)25-8-2-1-3-9-25/h4,6-7,12-15,20,25-26,28H,1-3,5,8-11,16-19,21H2. The summed E-state index contributed by atoms with van der Waals surface area (Å²) in [6, 6.07) is 9.43. The van der Waals surface area contributed by atoms with Crippen molar-refractivity contribution in [2.75, 3.05) is 32.8 Å². The van der Waals surface area contributed by atoms with Gasteiger partial charge < -0.3 is 9.64 Å². The lowest BCUT2D eigenvalue weighted by molar-refractivity contribution is -0.137. The van der Waals surface area contributed by atoms with Gasteiger partial charge in [0.2, 0.25) is 10.0 Å². The number of alkyl halides is 3. The number of amides is 1. The smallest absolute Gasteiger partial charge is 0.416 e. The first-order valence-electron chi connectivity index (χ1n) is 14.7. The number of hydrogen-bond acceptors (Lipinski definition) is 5. The quantitative estimate of drug-likeness (QED) is 0.355. The summed E-state index contributed by atoms with van der Waals surface area (Å²) < 4.78 is 75.6. The largest absolute Gasteiger partial charge is 0.448 e. The van der Waals surface area contributed by atoms with Crippen LogP contribution in [0.3, 0.4) is 0 Å². The molecule has 2 aliphatic heterocycles. The van der Waals surface area contributed by atoms with Crippen LogP contribution in [0.4, 0.5) is 18.0 Å². The zero-order valence-corrected chi connectivity index (χ0v) is 25.0. The Morgan fingerprint density at radius 2 is 1.60 bits per heavy atom. The molecule has 1 saturated carbocycles. The SMILES string of the molecule is O=C(OCC1CCCC(c2cccc(C(F)(F)F)c2)N1S(=O)(=O)c1ccc(Cl)cc1)N1CCN(C2CCCCC2)CC1. The number of ether oxygens (including phenoxy) is 1. The second kappa shape index (κ2) is 13.1. The van der Waals surface area contributed by atoms with Gasteiger partial charge in [-0.2, -0.15) is 17.5 Å². The van der Waals surface area contributed by atoms with E-state index in [1.165, 1.54) is 72.8 Å². The normalized spacial score (nSPS) is 23.6. The predicted molar refractivity (Wildman–Crippen MR) is 154 cm³/mol. The number of piperidine rings is 1. The highest BCUT2D eigenvalue weighted by molar-refractivity contribution is 7.89. The fraction of sp³-hybridized carbons (Fsp3) is 0.567. The van der Waals surface area contributed by atoms with Gasteiger partial charge in [-0.15, -0.1) is 0 Å². The molecule has 0 N–H and O–H groups in total. The Balaban J connectivity index is 1.33. The van der Waals surface area contributed by atoms with Gasteiger partial charge in [0.1, 0.15) is 6.61 Å². The first kappa shape index (κ1) is 31.1. The average Bonchev–Trinajstić information content (AvgIpc) is 3.00. The van der Waals surface area contributed by atoms with Crippen molar-refractivity contribution >= 4 is 27.7 Å². The van der Waals surface area contributed by atoms with Crippen LogP contribution in [0.25, 0.3) is 0 Å². The molecule has 12 heteroatoms. The Hall–Kier alpha value is -2.34. The number of benzene rings is 2. The second-order valence-corrected chi connectivity index (χ2v) is 13.7. The number of sulfonamides is 1. The fourth-order valence-electron chi connectivity index (χ4n) is 6.52. The topological polar surface area (TPSA) is 70.2 Å². The maximum absolute atomic E-state index is 14.0. The molecule has 2 heterocycles. The van der Waals surface area contributed by atoms with Crippen LogP contribution in [0.2, 0.25) is 5.02 Å². The molecule has 0 radical (unpaired) electrons. The molecule has 0 bridgehead atoms. The molecule has 2 aromatic rings. The lowest BCUT2D eigenvalue weighted by Crippen LogP contribution is -2.53. The number of hydrogen-bond donors (Lipinski definition) is 0. The molecule has 1 amide bonds. The summed E-state index contributed by atoms with van der Waals surface area (Å²) in [6.45, 7) is 2.44. The van der Waals surface area contributed by atoms with Crippen molar-refractivity contribution in [1.82, 2.24) is 14.1 Å². The third-order valence-corrected chi connectivity index (χ3v) is 11.0. The van der Waals surface area contributed by atoms with E-state index in [-0.39, 0.29) is 17.1 Å². The summed E-state index contributed by atoms with van der Waals surface area (Å²) in [5.41, 5.74) is -0.595. The van der Waals surface area contributed by atoms with Crippen molar-refractivity contribution in [3.63, 3.8) is 0 Å². The monoisotopic (exact) mass is 627 g/mol. The van der Waals surface area contributed by atoms with E-state index in [2.05, 4.69) is 4.90 Å². The summed E-state index contributed by atoms with van der Waals surface area (Å²) in [4.78, 5) is 17.2. The summed E-state index contributed by atoms with van der Waals surface area (Å²) in [5, 5.41) is 0.357. The molecular weight excluding hydrogens is 591 g/mol. The second-order valence-electron chi connectivity index (χ2n) is 11.4. The molecule has 2 atom stereocenters. The zero-order valence-electron chi connectivity index (χ0n) is 23.4. The number of carbonyl (C=O) groups excluding carboxylic acids is 1. The van der Waals surface area contributed by atoms with Crippen LogP contribution in [-0.2, 0) is 20.9 Å². The van der Waals surface area contributed by atoms with Crippen molar-refractivity contribution in [3.8, 4) is 0 Å². The lowest BCUT2D eigenvalue weighted by atomic mass is 9.92. The van der Waals surface area contributed by atoms with E-state index in [4.69, 9.17) is 16.3 Å². The number of halogens is 4. The molecule has 7 nitrogen and oxygen atoms in total. The Morgan fingerprint density at radius 1 is 0.905 bits per heavy atom. The molecule has 3 fully saturated rings. The maximum Gasteiger partial charge on any atom is 0.416 e. The minimum absolute atomic E-state index is 0.0269. The Bertz CT molecular complexity index is 1330.